The number of thioether (sulfide) groups is 1. The molecule has 17 heavy (non-hydrogen) atoms. The highest BCUT2D eigenvalue weighted by atomic mass is 32.2. The number of rotatable bonds is 6. The lowest BCUT2D eigenvalue weighted by atomic mass is 9.88. The zero-order valence-electron chi connectivity index (χ0n) is 12.0. The maximum Gasteiger partial charge on any atom is 0.0347 e. The molecule has 1 rings (SSSR count). The van der Waals surface area contributed by atoms with Gasteiger partial charge in [-0.05, 0) is 36.2 Å². The van der Waals surface area contributed by atoms with E-state index < -0.39 is 0 Å². The molecule has 0 aromatic carbocycles. The van der Waals surface area contributed by atoms with Gasteiger partial charge in [-0.2, -0.15) is 11.8 Å². The van der Waals surface area contributed by atoms with Gasteiger partial charge in [0.25, 0.3) is 0 Å². The van der Waals surface area contributed by atoms with Crippen LogP contribution in [0.4, 0.5) is 0 Å². The first-order valence-electron chi connectivity index (χ1n) is 7.03. The molecule has 0 amide bonds. The first-order chi connectivity index (χ1) is 8.00. The fourth-order valence-corrected chi connectivity index (χ4v) is 4.00. The molecular weight excluding hydrogens is 228 g/mol. The normalized spacial score (nSPS) is 20.5. The standard InChI is InChI=1S/C14H30N2S/c1-12(2)9-16(10-13(3)4)14(11-15)5-7-17-8-6-14/h12-13H,5-11,15H2,1-4H3. The van der Waals surface area contributed by atoms with Crippen LogP contribution in [0.2, 0.25) is 0 Å². The molecule has 102 valence electrons. The molecule has 1 heterocycles. The van der Waals surface area contributed by atoms with Crippen LogP contribution in [-0.4, -0.2) is 41.6 Å². The molecule has 0 saturated carbocycles. The molecule has 2 nitrogen and oxygen atoms in total. The molecule has 0 aromatic heterocycles. The predicted molar refractivity (Wildman–Crippen MR) is 79.6 cm³/mol. The van der Waals surface area contributed by atoms with Crippen LogP contribution in [0.25, 0.3) is 0 Å². The van der Waals surface area contributed by atoms with Crippen molar-refractivity contribution in [1.82, 2.24) is 4.90 Å². The van der Waals surface area contributed by atoms with E-state index in [1.54, 1.807) is 0 Å². The largest absolute Gasteiger partial charge is 0.329 e. The Balaban J connectivity index is 2.75. The van der Waals surface area contributed by atoms with Crippen LogP contribution in [0, 0.1) is 11.8 Å². The SMILES string of the molecule is CC(C)CN(CC(C)C)C1(CN)CCSCC1. The van der Waals surface area contributed by atoms with Crippen LogP contribution in [-0.2, 0) is 0 Å². The zero-order chi connectivity index (χ0) is 12.9. The highest BCUT2D eigenvalue weighted by Crippen LogP contribution is 2.32. The van der Waals surface area contributed by atoms with Crippen LogP contribution in [0.15, 0.2) is 0 Å². The summed E-state index contributed by atoms with van der Waals surface area (Å²) in [6, 6.07) is 0. The van der Waals surface area contributed by atoms with Gasteiger partial charge in [0.05, 0.1) is 0 Å². The van der Waals surface area contributed by atoms with E-state index in [4.69, 9.17) is 5.73 Å². The minimum atomic E-state index is 0.291. The molecule has 2 N–H and O–H groups in total. The summed E-state index contributed by atoms with van der Waals surface area (Å²) in [5.41, 5.74) is 6.43. The number of nitrogens with zero attached hydrogens (tertiary/aromatic N) is 1. The Hall–Kier alpha value is 0.270. The summed E-state index contributed by atoms with van der Waals surface area (Å²) >= 11 is 2.09. The smallest absolute Gasteiger partial charge is 0.0347 e. The zero-order valence-corrected chi connectivity index (χ0v) is 12.9. The molecule has 0 bridgehead atoms. The fourth-order valence-electron chi connectivity index (χ4n) is 2.74. The second-order valence-corrected chi connectivity index (χ2v) is 7.46. The molecule has 1 aliphatic rings. The average molecular weight is 258 g/mol. The number of nitrogens with two attached hydrogens (primary N) is 1. The first-order valence-corrected chi connectivity index (χ1v) is 8.18. The quantitative estimate of drug-likeness (QED) is 0.794. The van der Waals surface area contributed by atoms with Crippen molar-refractivity contribution in [3.8, 4) is 0 Å². The van der Waals surface area contributed by atoms with E-state index in [1.165, 1.54) is 37.4 Å². The molecule has 0 atom stereocenters. The number of hydrogen-bond donors (Lipinski definition) is 1. The maximum absolute atomic E-state index is 6.14. The van der Waals surface area contributed by atoms with Crippen molar-refractivity contribution in [3.05, 3.63) is 0 Å². The van der Waals surface area contributed by atoms with Crippen molar-refractivity contribution >= 4 is 11.8 Å². The summed E-state index contributed by atoms with van der Waals surface area (Å²) in [6.45, 7) is 12.5. The Morgan fingerprint density at radius 3 is 1.88 bits per heavy atom. The van der Waals surface area contributed by atoms with Gasteiger partial charge in [0, 0.05) is 25.2 Å². The minimum absolute atomic E-state index is 0.291. The van der Waals surface area contributed by atoms with E-state index >= 15 is 0 Å². The molecule has 3 heteroatoms. The monoisotopic (exact) mass is 258 g/mol. The fraction of sp³-hybridized carbons (Fsp3) is 1.00. The molecular formula is C14H30N2S. The van der Waals surface area contributed by atoms with Crippen molar-refractivity contribution in [1.29, 1.82) is 0 Å². The molecule has 0 radical (unpaired) electrons. The van der Waals surface area contributed by atoms with Crippen molar-refractivity contribution in [2.24, 2.45) is 17.6 Å². The van der Waals surface area contributed by atoms with Gasteiger partial charge < -0.3 is 5.73 Å². The first kappa shape index (κ1) is 15.3. The Morgan fingerprint density at radius 2 is 1.53 bits per heavy atom. The lowest BCUT2D eigenvalue weighted by Crippen LogP contribution is -2.57. The van der Waals surface area contributed by atoms with E-state index in [0.717, 1.165) is 18.4 Å². The van der Waals surface area contributed by atoms with Crippen molar-refractivity contribution in [3.63, 3.8) is 0 Å². The summed E-state index contributed by atoms with van der Waals surface area (Å²) < 4.78 is 0. The minimum Gasteiger partial charge on any atom is -0.329 e. The van der Waals surface area contributed by atoms with Crippen molar-refractivity contribution in [2.75, 3.05) is 31.1 Å². The predicted octanol–water partition coefficient (Wildman–Crippen LogP) is 2.82. The van der Waals surface area contributed by atoms with Crippen LogP contribution in [0.5, 0.6) is 0 Å². The van der Waals surface area contributed by atoms with Gasteiger partial charge >= 0.3 is 0 Å². The Labute approximate surface area is 112 Å². The van der Waals surface area contributed by atoms with Gasteiger partial charge in [-0.15, -0.1) is 0 Å². The van der Waals surface area contributed by atoms with Crippen LogP contribution < -0.4 is 5.73 Å². The summed E-state index contributed by atoms with van der Waals surface area (Å²) in [5.74, 6) is 4.02. The summed E-state index contributed by atoms with van der Waals surface area (Å²) in [5, 5.41) is 0. The molecule has 0 spiro atoms. The van der Waals surface area contributed by atoms with Gasteiger partial charge in [-0.3, -0.25) is 4.90 Å². The van der Waals surface area contributed by atoms with E-state index in [1.807, 2.05) is 0 Å². The van der Waals surface area contributed by atoms with Crippen LogP contribution >= 0.6 is 11.8 Å². The summed E-state index contributed by atoms with van der Waals surface area (Å²) in [4.78, 5) is 2.70. The average Bonchev–Trinajstić information content (AvgIpc) is 2.28. The van der Waals surface area contributed by atoms with E-state index in [9.17, 15) is 0 Å². The summed E-state index contributed by atoms with van der Waals surface area (Å²) in [6.07, 6.45) is 2.54. The molecule has 1 saturated heterocycles. The highest BCUT2D eigenvalue weighted by Gasteiger charge is 2.37. The third-order valence-corrected chi connectivity index (χ3v) is 4.63. The lowest BCUT2D eigenvalue weighted by molar-refractivity contribution is 0.0601. The Bertz CT molecular complexity index is 200. The second kappa shape index (κ2) is 7.01. The molecule has 0 aromatic rings. The third kappa shape index (κ3) is 4.46. The Kier molecular flexibility index (Phi) is 6.32. The molecule has 1 fully saturated rings. The second-order valence-electron chi connectivity index (χ2n) is 6.23. The van der Waals surface area contributed by atoms with Gasteiger partial charge in [0.15, 0.2) is 0 Å². The van der Waals surface area contributed by atoms with Gasteiger partial charge in [0.1, 0.15) is 0 Å². The maximum atomic E-state index is 6.14. The Morgan fingerprint density at radius 1 is 1.06 bits per heavy atom. The van der Waals surface area contributed by atoms with Gasteiger partial charge in [-0.1, -0.05) is 27.7 Å². The molecule has 0 aliphatic carbocycles. The van der Waals surface area contributed by atoms with Crippen molar-refractivity contribution in [2.45, 2.75) is 46.1 Å². The van der Waals surface area contributed by atoms with Crippen LogP contribution in [0.1, 0.15) is 40.5 Å². The lowest BCUT2D eigenvalue weighted by Gasteiger charge is -2.47. The topological polar surface area (TPSA) is 29.3 Å². The van der Waals surface area contributed by atoms with Crippen LogP contribution in [0.3, 0.4) is 0 Å². The third-order valence-electron chi connectivity index (χ3n) is 3.65. The number of hydrogen-bond acceptors (Lipinski definition) is 3. The molecule has 1 aliphatic heterocycles. The van der Waals surface area contributed by atoms with E-state index in [0.29, 0.717) is 5.54 Å². The van der Waals surface area contributed by atoms with Crippen molar-refractivity contribution < 1.29 is 0 Å². The van der Waals surface area contributed by atoms with E-state index in [2.05, 4.69) is 44.4 Å². The van der Waals surface area contributed by atoms with E-state index in [-0.39, 0.29) is 0 Å². The molecule has 0 unspecified atom stereocenters. The van der Waals surface area contributed by atoms with Gasteiger partial charge in [0.2, 0.25) is 0 Å². The summed E-state index contributed by atoms with van der Waals surface area (Å²) in [7, 11) is 0. The van der Waals surface area contributed by atoms with Gasteiger partial charge in [-0.25, -0.2) is 0 Å². The highest BCUT2D eigenvalue weighted by molar-refractivity contribution is 7.99.